The molecule has 0 aliphatic heterocycles. The van der Waals surface area contributed by atoms with E-state index in [1.165, 1.54) is 24.5 Å². The molecule has 0 bridgehead atoms. The van der Waals surface area contributed by atoms with Gasteiger partial charge in [0.1, 0.15) is 0 Å². The minimum atomic E-state index is -4.56. The summed E-state index contributed by atoms with van der Waals surface area (Å²) in [5.41, 5.74) is 6.15. The van der Waals surface area contributed by atoms with Gasteiger partial charge in [-0.3, -0.25) is 4.98 Å². The summed E-state index contributed by atoms with van der Waals surface area (Å²) in [6.07, 6.45) is -0.168. The summed E-state index contributed by atoms with van der Waals surface area (Å²) in [4.78, 5) is 8.33. The second-order valence-corrected chi connectivity index (χ2v) is 7.21. The highest BCUT2D eigenvalue weighted by Crippen LogP contribution is 2.40. The number of hydrogen-bond acceptors (Lipinski definition) is 5. The maximum absolute atomic E-state index is 13.6. The van der Waals surface area contributed by atoms with Crippen molar-refractivity contribution in [3.05, 3.63) is 58.8 Å². The van der Waals surface area contributed by atoms with Crippen molar-refractivity contribution in [1.82, 2.24) is 19.7 Å². The first-order chi connectivity index (χ1) is 14.3. The third kappa shape index (κ3) is 3.60. The smallest absolute Gasteiger partial charge is 0.398 e. The number of anilines is 1. The van der Waals surface area contributed by atoms with Gasteiger partial charge in [-0.25, -0.2) is 0 Å². The predicted octanol–water partition coefficient (Wildman–Crippen LogP) is 5.34. The Hall–Kier alpha value is -3.07. The third-order valence-electron chi connectivity index (χ3n) is 4.76. The van der Waals surface area contributed by atoms with Gasteiger partial charge in [-0.15, -0.1) is 0 Å². The molecule has 30 heavy (non-hydrogen) atoms. The zero-order valence-electron chi connectivity index (χ0n) is 15.9. The second-order valence-electron chi connectivity index (χ2n) is 6.80. The number of nitrogens with two attached hydrogens (primary N) is 1. The minimum Gasteiger partial charge on any atom is -0.398 e. The highest BCUT2D eigenvalue weighted by molar-refractivity contribution is 6.33. The highest BCUT2D eigenvalue weighted by atomic mass is 35.5. The zero-order chi connectivity index (χ0) is 21.5. The molecule has 0 aliphatic carbocycles. The van der Waals surface area contributed by atoms with Crippen LogP contribution in [0.1, 0.15) is 30.4 Å². The van der Waals surface area contributed by atoms with Crippen LogP contribution < -0.4 is 5.73 Å². The molecule has 3 aromatic heterocycles. The van der Waals surface area contributed by atoms with Crippen molar-refractivity contribution >= 4 is 28.2 Å². The van der Waals surface area contributed by atoms with E-state index in [2.05, 4.69) is 15.1 Å². The standard InChI is InChI=1S/C20H17ClF3N5O/c1-2-3-11-8-12-16(5-4-15(25)18(12)20(22,23)24)29(11)10-17-27-19(30-28-17)13-9-26-7-6-14(13)21/h4-9H,2-3,10,25H2,1H3. The summed E-state index contributed by atoms with van der Waals surface area (Å²) >= 11 is 6.14. The third-order valence-corrected chi connectivity index (χ3v) is 5.09. The Labute approximate surface area is 174 Å². The molecule has 6 nitrogen and oxygen atoms in total. The van der Waals surface area contributed by atoms with Crippen LogP contribution in [0, 0.1) is 0 Å². The van der Waals surface area contributed by atoms with Crippen molar-refractivity contribution in [2.24, 2.45) is 0 Å². The molecule has 0 fully saturated rings. The molecule has 4 aromatic rings. The topological polar surface area (TPSA) is 82.8 Å². The molecular weight excluding hydrogens is 419 g/mol. The van der Waals surface area contributed by atoms with Crippen molar-refractivity contribution in [3.8, 4) is 11.5 Å². The number of halogens is 4. The fourth-order valence-electron chi connectivity index (χ4n) is 3.48. The number of aromatic nitrogens is 4. The zero-order valence-corrected chi connectivity index (χ0v) is 16.6. The number of benzene rings is 1. The average molecular weight is 436 g/mol. The lowest BCUT2D eigenvalue weighted by Crippen LogP contribution is -2.10. The van der Waals surface area contributed by atoms with Gasteiger partial charge in [0.25, 0.3) is 5.89 Å². The fraction of sp³-hybridized carbons (Fsp3) is 0.250. The van der Waals surface area contributed by atoms with E-state index in [-0.39, 0.29) is 23.5 Å². The summed E-state index contributed by atoms with van der Waals surface area (Å²) in [6.45, 7) is 2.10. The largest absolute Gasteiger partial charge is 0.419 e. The fourth-order valence-corrected chi connectivity index (χ4v) is 3.66. The molecule has 2 N–H and O–H groups in total. The number of rotatable bonds is 5. The SMILES string of the molecule is CCCc1cc2c(C(F)(F)F)c(N)ccc2n1Cc1noc(-c2cnccc2Cl)n1. The molecule has 0 atom stereocenters. The first kappa shape index (κ1) is 20.2. The maximum Gasteiger partial charge on any atom is 0.419 e. The Morgan fingerprint density at radius 3 is 2.73 bits per heavy atom. The number of nitrogen functional groups attached to an aromatic ring is 1. The van der Waals surface area contributed by atoms with Crippen LogP contribution in [0.2, 0.25) is 5.02 Å². The van der Waals surface area contributed by atoms with Gasteiger partial charge in [0.05, 0.1) is 22.7 Å². The summed E-state index contributed by atoms with van der Waals surface area (Å²) in [5.74, 6) is 0.502. The Morgan fingerprint density at radius 1 is 1.23 bits per heavy atom. The summed E-state index contributed by atoms with van der Waals surface area (Å²) < 4.78 is 47.9. The summed E-state index contributed by atoms with van der Waals surface area (Å²) in [5, 5.41) is 4.43. The van der Waals surface area contributed by atoms with Crippen molar-refractivity contribution in [3.63, 3.8) is 0 Å². The number of fused-ring (bicyclic) bond motifs is 1. The molecule has 0 saturated carbocycles. The highest BCUT2D eigenvalue weighted by Gasteiger charge is 2.36. The van der Waals surface area contributed by atoms with Crippen molar-refractivity contribution in [2.75, 3.05) is 5.73 Å². The molecule has 10 heteroatoms. The molecular formula is C20H17ClF3N5O. The lowest BCUT2D eigenvalue weighted by atomic mass is 10.1. The van der Waals surface area contributed by atoms with Crippen LogP contribution in [-0.4, -0.2) is 19.7 Å². The van der Waals surface area contributed by atoms with Gasteiger partial charge in [0.15, 0.2) is 5.82 Å². The molecule has 0 amide bonds. The molecule has 0 spiro atoms. The van der Waals surface area contributed by atoms with E-state index in [9.17, 15) is 13.2 Å². The van der Waals surface area contributed by atoms with Crippen molar-refractivity contribution in [2.45, 2.75) is 32.5 Å². The van der Waals surface area contributed by atoms with E-state index < -0.39 is 11.7 Å². The normalized spacial score (nSPS) is 12.0. The van der Waals surface area contributed by atoms with E-state index in [0.717, 1.165) is 12.1 Å². The molecule has 1 aromatic carbocycles. The second kappa shape index (κ2) is 7.64. The van der Waals surface area contributed by atoms with Crippen LogP contribution in [0.15, 0.2) is 41.2 Å². The quantitative estimate of drug-likeness (QED) is 0.428. The van der Waals surface area contributed by atoms with Gasteiger partial charge < -0.3 is 14.8 Å². The first-order valence-corrected chi connectivity index (χ1v) is 9.57. The number of nitrogens with zero attached hydrogens (tertiary/aromatic N) is 4. The van der Waals surface area contributed by atoms with Gasteiger partial charge in [0, 0.05) is 34.7 Å². The van der Waals surface area contributed by atoms with Gasteiger partial charge in [0.2, 0.25) is 0 Å². The molecule has 156 valence electrons. The number of aryl methyl sites for hydroxylation is 1. The first-order valence-electron chi connectivity index (χ1n) is 9.19. The van der Waals surface area contributed by atoms with Crippen LogP contribution >= 0.6 is 11.6 Å². The van der Waals surface area contributed by atoms with E-state index >= 15 is 0 Å². The Balaban J connectivity index is 1.79. The number of hydrogen-bond donors (Lipinski definition) is 1. The van der Waals surface area contributed by atoms with Crippen molar-refractivity contribution < 1.29 is 17.7 Å². The molecule has 0 saturated heterocycles. The summed E-state index contributed by atoms with van der Waals surface area (Å²) in [6, 6.07) is 5.99. The van der Waals surface area contributed by atoms with Gasteiger partial charge in [-0.05, 0) is 30.7 Å². The van der Waals surface area contributed by atoms with Crippen LogP contribution in [-0.2, 0) is 19.1 Å². The van der Waals surface area contributed by atoms with Crippen LogP contribution in [0.25, 0.3) is 22.4 Å². The predicted molar refractivity (Wildman–Crippen MR) is 107 cm³/mol. The van der Waals surface area contributed by atoms with E-state index in [0.29, 0.717) is 28.3 Å². The average Bonchev–Trinajstić information content (AvgIpc) is 3.27. The Bertz CT molecular complexity index is 1220. The lowest BCUT2D eigenvalue weighted by molar-refractivity contribution is -0.135. The Kier molecular flexibility index (Phi) is 5.15. The van der Waals surface area contributed by atoms with E-state index in [1.54, 1.807) is 16.7 Å². The van der Waals surface area contributed by atoms with Crippen LogP contribution in [0.4, 0.5) is 18.9 Å². The van der Waals surface area contributed by atoms with Crippen molar-refractivity contribution in [1.29, 1.82) is 0 Å². The number of pyridine rings is 1. The van der Waals surface area contributed by atoms with E-state index in [4.69, 9.17) is 21.9 Å². The Morgan fingerprint density at radius 2 is 2.03 bits per heavy atom. The summed E-state index contributed by atoms with van der Waals surface area (Å²) in [7, 11) is 0. The molecule has 3 heterocycles. The molecule has 0 radical (unpaired) electrons. The molecule has 0 unspecified atom stereocenters. The lowest BCUT2D eigenvalue weighted by Gasteiger charge is -2.12. The van der Waals surface area contributed by atoms with Gasteiger partial charge in [-0.1, -0.05) is 30.1 Å². The molecule has 4 rings (SSSR count). The number of alkyl halides is 3. The van der Waals surface area contributed by atoms with Crippen LogP contribution in [0.5, 0.6) is 0 Å². The van der Waals surface area contributed by atoms with Crippen LogP contribution in [0.3, 0.4) is 0 Å². The molecule has 0 aliphatic rings. The monoisotopic (exact) mass is 435 g/mol. The maximum atomic E-state index is 13.6. The minimum absolute atomic E-state index is 0.0602. The van der Waals surface area contributed by atoms with Gasteiger partial charge >= 0.3 is 6.18 Å². The van der Waals surface area contributed by atoms with Gasteiger partial charge in [-0.2, -0.15) is 18.2 Å². The van der Waals surface area contributed by atoms with E-state index in [1.807, 2.05) is 6.92 Å².